The van der Waals surface area contributed by atoms with Crippen molar-refractivity contribution < 1.29 is 18.0 Å². The third-order valence-corrected chi connectivity index (χ3v) is 4.97. The van der Waals surface area contributed by atoms with Gasteiger partial charge in [-0.2, -0.15) is 13.2 Å². The molecule has 2 aliphatic rings. The molecule has 0 saturated heterocycles. The molecule has 7 heteroatoms. The molecule has 0 spiro atoms. The summed E-state index contributed by atoms with van der Waals surface area (Å²) in [5.41, 5.74) is 5.64. The van der Waals surface area contributed by atoms with Crippen molar-refractivity contribution in [1.29, 1.82) is 0 Å². The number of halogens is 4. The van der Waals surface area contributed by atoms with Crippen LogP contribution in [0.25, 0.3) is 0 Å². The highest BCUT2D eigenvalue weighted by Gasteiger charge is 2.45. The molecule has 1 aromatic rings. The van der Waals surface area contributed by atoms with Gasteiger partial charge in [-0.25, -0.2) is 0 Å². The molecule has 3 rings (SSSR count). The second kappa shape index (κ2) is 7.31. The van der Waals surface area contributed by atoms with Crippen LogP contribution >= 0.6 is 12.4 Å². The normalized spacial score (nSPS) is 29.0. The third kappa shape index (κ3) is 4.22. The topological polar surface area (TPSA) is 55.1 Å². The van der Waals surface area contributed by atoms with E-state index in [-0.39, 0.29) is 47.8 Å². The van der Waals surface area contributed by atoms with Crippen LogP contribution in [0.3, 0.4) is 0 Å². The highest BCUT2D eigenvalue weighted by molar-refractivity contribution is 5.85. The Kier molecular flexibility index (Phi) is 5.81. The Morgan fingerprint density at radius 1 is 1.25 bits per heavy atom. The number of amides is 1. The lowest BCUT2D eigenvalue weighted by molar-refractivity contribution is -0.138. The zero-order valence-corrected chi connectivity index (χ0v) is 14.0. The van der Waals surface area contributed by atoms with Crippen molar-refractivity contribution in [1.82, 2.24) is 5.32 Å². The first-order chi connectivity index (χ1) is 10.9. The van der Waals surface area contributed by atoms with Gasteiger partial charge in [0.05, 0.1) is 5.56 Å². The summed E-state index contributed by atoms with van der Waals surface area (Å²) in [5, 5.41) is 2.87. The number of carbonyl (C=O) groups excluding carboxylic acids is 1. The van der Waals surface area contributed by atoms with Gasteiger partial charge in [-0.3, -0.25) is 4.79 Å². The molecule has 2 aliphatic carbocycles. The fourth-order valence-electron chi connectivity index (χ4n) is 3.60. The quantitative estimate of drug-likeness (QED) is 0.859. The van der Waals surface area contributed by atoms with Gasteiger partial charge in [0.15, 0.2) is 0 Å². The van der Waals surface area contributed by atoms with E-state index in [9.17, 15) is 18.0 Å². The predicted octanol–water partition coefficient (Wildman–Crippen LogP) is 3.62. The minimum Gasteiger partial charge on any atom is -0.353 e. The van der Waals surface area contributed by atoms with Crippen LogP contribution in [0.1, 0.15) is 49.1 Å². The van der Waals surface area contributed by atoms with Gasteiger partial charge in [0, 0.05) is 24.4 Å². The van der Waals surface area contributed by atoms with Crippen LogP contribution in [0, 0.1) is 5.92 Å². The van der Waals surface area contributed by atoms with Crippen LogP contribution in [0.5, 0.6) is 0 Å². The monoisotopic (exact) mass is 362 g/mol. The molecule has 2 saturated carbocycles. The summed E-state index contributed by atoms with van der Waals surface area (Å²) in [7, 11) is 0. The molecule has 24 heavy (non-hydrogen) atoms. The van der Waals surface area contributed by atoms with Gasteiger partial charge >= 0.3 is 6.18 Å². The van der Waals surface area contributed by atoms with Gasteiger partial charge in [-0.05, 0) is 36.8 Å². The van der Waals surface area contributed by atoms with E-state index in [1.54, 1.807) is 6.07 Å². The number of alkyl halides is 3. The van der Waals surface area contributed by atoms with Crippen molar-refractivity contribution in [3.8, 4) is 0 Å². The van der Waals surface area contributed by atoms with Crippen LogP contribution in [-0.2, 0) is 11.0 Å². The molecule has 0 aromatic heterocycles. The maximum atomic E-state index is 13.0. The van der Waals surface area contributed by atoms with Crippen LogP contribution in [0.4, 0.5) is 13.2 Å². The molecule has 1 amide bonds. The van der Waals surface area contributed by atoms with Gasteiger partial charge in [-0.15, -0.1) is 12.4 Å². The number of rotatable bonds is 4. The molecule has 1 aromatic carbocycles. The highest BCUT2D eigenvalue weighted by Crippen LogP contribution is 2.46. The molecule has 2 unspecified atom stereocenters. The number of nitrogens with one attached hydrogen (secondary N) is 1. The van der Waals surface area contributed by atoms with Gasteiger partial charge in [0.2, 0.25) is 5.91 Å². The van der Waals surface area contributed by atoms with Crippen LogP contribution in [-0.4, -0.2) is 18.0 Å². The Morgan fingerprint density at radius 3 is 2.58 bits per heavy atom. The molecule has 0 radical (unpaired) electrons. The molecule has 3 N–H and O–H groups in total. The second-order valence-corrected chi connectivity index (χ2v) is 6.66. The first-order valence-corrected chi connectivity index (χ1v) is 8.07. The van der Waals surface area contributed by atoms with Crippen molar-refractivity contribution in [2.24, 2.45) is 11.7 Å². The molecule has 134 valence electrons. The number of hydrogen-bond donors (Lipinski definition) is 2. The molecule has 4 atom stereocenters. The number of hydrogen-bond acceptors (Lipinski definition) is 2. The molecule has 0 aliphatic heterocycles. The van der Waals surface area contributed by atoms with E-state index >= 15 is 0 Å². The first-order valence-electron chi connectivity index (χ1n) is 8.07. The minimum atomic E-state index is -4.36. The molecule has 2 fully saturated rings. The van der Waals surface area contributed by atoms with E-state index in [1.807, 2.05) is 0 Å². The Bertz CT molecular complexity index is 593. The van der Waals surface area contributed by atoms with E-state index in [1.165, 1.54) is 12.1 Å². The fraction of sp³-hybridized carbons (Fsp3) is 0.588. The van der Waals surface area contributed by atoms with E-state index in [0.29, 0.717) is 12.8 Å². The fourth-order valence-corrected chi connectivity index (χ4v) is 3.60. The highest BCUT2D eigenvalue weighted by atomic mass is 35.5. The molecular weight excluding hydrogens is 341 g/mol. The summed E-state index contributed by atoms with van der Waals surface area (Å²) < 4.78 is 39.1. The average Bonchev–Trinajstić information content (AvgIpc) is 3.13. The maximum absolute atomic E-state index is 13.0. The summed E-state index contributed by atoms with van der Waals surface area (Å²) in [5.74, 6) is -0.131. The van der Waals surface area contributed by atoms with Crippen molar-refractivity contribution in [3.63, 3.8) is 0 Å². The van der Waals surface area contributed by atoms with Crippen molar-refractivity contribution >= 4 is 18.3 Å². The Balaban J connectivity index is 0.00000208. The summed E-state index contributed by atoms with van der Waals surface area (Å²) in [6.45, 7) is 0. The molecule has 0 bridgehead atoms. The van der Waals surface area contributed by atoms with E-state index < -0.39 is 11.7 Å². The largest absolute Gasteiger partial charge is 0.416 e. The van der Waals surface area contributed by atoms with Crippen LogP contribution in [0.2, 0.25) is 0 Å². The van der Waals surface area contributed by atoms with Crippen molar-refractivity contribution in [2.45, 2.75) is 56.3 Å². The number of benzene rings is 1. The Labute approximate surface area is 145 Å². The number of carbonyl (C=O) groups is 1. The summed E-state index contributed by atoms with van der Waals surface area (Å²) >= 11 is 0. The average molecular weight is 363 g/mol. The summed E-state index contributed by atoms with van der Waals surface area (Å²) in [6.07, 6.45) is -0.460. The van der Waals surface area contributed by atoms with Crippen molar-refractivity contribution in [3.05, 3.63) is 35.4 Å². The third-order valence-electron chi connectivity index (χ3n) is 4.97. The SMILES string of the molecule is Cl.N[C@@H]1CCC[C@H]1CC(=O)NC1CC1c1ccccc1C(F)(F)F. The summed E-state index contributed by atoms with van der Waals surface area (Å²) in [6, 6.07) is 5.49. The van der Waals surface area contributed by atoms with Crippen LogP contribution < -0.4 is 11.1 Å². The summed E-state index contributed by atoms with van der Waals surface area (Å²) in [4.78, 5) is 12.1. The smallest absolute Gasteiger partial charge is 0.353 e. The standard InChI is InChI=1S/C17H21F3N2O.ClH/c18-17(19,20)13-6-2-1-5-11(13)12-9-15(12)22-16(23)8-10-4-3-7-14(10)21;/h1-2,5-6,10,12,14-15H,3-4,7-9,21H2,(H,22,23);1H/t10-,12?,14+,15?;/m0./s1. The van der Waals surface area contributed by atoms with E-state index in [0.717, 1.165) is 25.3 Å². The Hall–Kier alpha value is -1.27. The maximum Gasteiger partial charge on any atom is 0.416 e. The predicted molar refractivity (Wildman–Crippen MR) is 87.9 cm³/mol. The lowest BCUT2D eigenvalue weighted by Gasteiger charge is -2.15. The number of nitrogens with two attached hydrogens (primary N) is 1. The van der Waals surface area contributed by atoms with Gasteiger partial charge in [0.25, 0.3) is 0 Å². The lowest BCUT2D eigenvalue weighted by atomic mass is 9.99. The van der Waals surface area contributed by atoms with E-state index in [4.69, 9.17) is 5.73 Å². The minimum absolute atomic E-state index is 0. The zero-order valence-electron chi connectivity index (χ0n) is 13.2. The lowest BCUT2D eigenvalue weighted by Crippen LogP contribution is -2.33. The van der Waals surface area contributed by atoms with Crippen molar-refractivity contribution in [2.75, 3.05) is 0 Å². The van der Waals surface area contributed by atoms with Gasteiger partial charge < -0.3 is 11.1 Å². The molecule has 0 heterocycles. The van der Waals surface area contributed by atoms with E-state index in [2.05, 4.69) is 5.32 Å². The van der Waals surface area contributed by atoms with Crippen LogP contribution in [0.15, 0.2) is 24.3 Å². The van der Waals surface area contributed by atoms with Gasteiger partial charge in [0.1, 0.15) is 0 Å². The zero-order chi connectivity index (χ0) is 16.6. The Morgan fingerprint density at radius 2 is 1.96 bits per heavy atom. The molecular formula is C17H22ClF3N2O. The van der Waals surface area contributed by atoms with Gasteiger partial charge in [-0.1, -0.05) is 24.6 Å². The second-order valence-electron chi connectivity index (χ2n) is 6.66. The molecule has 3 nitrogen and oxygen atoms in total. The first kappa shape index (κ1) is 19.1.